The van der Waals surface area contributed by atoms with Crippen LogP contribution in [0.2, 0.25) is 0 Å². The standard InChI is InChI=1S/C24H36O4S/c1-4-6-7-8-12-15-23(29-19-13-10-9-11-14-19)24-20(17-25)21(26)16-22(24)28-18(3)27-5-2/h9-15,18,20,22-25H,4-8,16-17H2,1-3H3/b15-12+. The van der Waals surface area contributed by atoms with E-state index in [1.54, 1.807) is 11.8 Å². The molecule has 4 nitrogen and oxygen atoms in total. The van der Waals surface area contributed by atoms with Crippen molar-refractivity contribution in [2.24, 2.45) is 11.8 Å². The number of ketones is 1. The van der Waals surface area contributed by atoms with Gasteiger partial charge in [-0.05, 0) is 38.8 Å². The van der Waals surface area contributed by atoms with Gasteiger partial charge < -0.3 is 14.6 Å². The van der Waals surface area contributed by atoms with Gasteiger partial charge in [0.2, 0.25) is 0 Å². The summed E-state index contributed by atoms with van der Waals surface area (Å²) in [6.07, 6.45) is 8.80. The first-order valence-corrected chi connectivity index (χ1v) is 11.8. The third-order valence-electron chi connectivity index (χ3n) is 5.37. The Hall–Kier alpha value is -1.14. The number of aliphatic hydroxyl groups excluding tert-OH is 1. The SMILES string of the molecule is CCCCC/C=C/C(Sc1ccccc1)C1C(OC(C)OCC)CC(=O)C1CO. The summed E-state index contributed by atoms with van der Waals surface area (Å²) < 4.78 is 11.7. The summed E-state index contributed by atoms with van der Waals surface area (Å²) in [5.41, 5.74) is 0. The van der Waals surface area contributed by atoms with Crippen LogP contribution in [0.1, 0.15) is 52.9 Å². The fourth-order valence-corrected chi connectivity index (χ4v) is 5.27. The molecule has 1 aliphatic rings. The third-order valence-corrected chi connectivity index (χ3v) is 6.66. The van der Waals surface area contributed by atoms with Crippen molar-refractivity contribution in [2.75, 3.05) is 13.2 Å². The minimum atomic E-state index is -0.393. The molecule has 0 bridgehead atoms. The lowest BCUT2D eigenvalue weighted by Crippen LogP contribution is -2.35. The number of Topliss-reactive ketones (excluding diaryl/α,β-unsaturated/α-hetero) is 1. The van der Waals surface area contributed by atoms with Crippen molar-refractivity contribution in [3.63, 3.8) is 0 Å². The fourth-order valence-electron chi connectivity index (χ4n) is 3.93. The fraction of sp³-hybridized carbons (Fsp3) is 0.625. The Balaban J connectivity index is 2.22. The largest absolute Gasteiger partial charge is 0.396 e. The normalized spacial score (nSPS) is 24.3. The van der Waals surface area contributed by atoms with Crippen molar-refractivity contribution < 1.29 is 19.4 Å². The molecule has 29 heavy (non-hydrogen) atoms. The number of hydrogen-bond donors (Lipinski definition) is 1. The molecule has 0 aromatic heterocycles. The zero-order valence-corrected chi connectivity index (χ0v) is 18.8. The lowest BCUT2D eigenvalue weighted by atomic mass is 9.90. The van der Waals surface area contributed by atoms with Crippen molar-refractivity contribution in [1.82, 2.24) is 0 Å². The summed E-state index contributed by atoms with van der Waals surface area (Å²) in [4.78, 5) is 13.8. The van der Waals surface area contributed by atoms with Gasteiger partial charge in [0.15, 0.2) is 6.29 Å². The van der Waals surface area contributed by atoms with Crippen molar-refractivity contribution in [3.05, 3.63) is 42.5 Å². The van der Waals surface area contributed by atoms with Gasteiger partial charge in [-0.2, -0.15) is 0 Å². The maximum absolute atomic E-state index is 12.6. The summed E-state index contributed by atoms with van der Waals surface area (Å²) in [7, 11) is 0. The quantitative estimate of drug-likeness (QED) is 0.204. The number of benzene rings is 1. The van der Waals surface area contributed by atoms with Crippen LogP contribution in [-0.4, -0.2) is 41.7 Å². The number of allylic oxidation sites excluding steroid dienone is 1. The second-order valence-electron chi connectivity index (χ2n) is 7.55. The number of hydrogen-bond acceptors (Lipinski definition) is 5. The Morgan fingerprint density at radius 1 is 1.24 bits per heavy atom. The van der Waals surface area contributed by atoms with E-state index in [-0.39, 0.29) is 36.0 Å². The number of carbonyl (C=O) groups excluding carboxylic acids is 1. The average Bonchev–Trinajstić information content (AvgIpc) is 3.02. The summed E-state index contributed by atoms with van der Waals surface area (Å²) in [5, 5.41) is 10.0. The van der Waals surface area contributed by atoms with E-state index in [2.05, 4.69) is 31.2 Å². The van der Waals surface area contributed by atoms with Gasteiger partial charge in [0, 0.05) is 35.0 Å². The van der Waals surface area contributed by atoms with Gasteiger partial charge in [0.25, 0.3) is 0 Å². The first-order chi connectivity index (χ1) is 14.1. The van der Waals surface area contributed by atoms with Crippen LogP contribution in [0, 0.1) is 11.8 Å². The average molecular weight is 421 g/mol. The van der Waals surface area contributed by atoms with Gasteiger partial charge in [-0.15, -0.1) is 11.8 Å². The highest BCUT2D eigenvalue weighted by molar-refractivity contribution is 8.00. The smallest absolute Gasteiger partial charge is 0.155 e. The first kappa shape index (κ1) is 24.1. The molecule has 0 spiro atoms. The van der Waals surface area contributed by atoms with Gasteiger partial charge in [-0.1, -0.05) is 50.1 Å². The van der Waals surface area contributed by atoms with E-state index in [1.807, 2.05) is 32.0 Å². The van der Waals surface area contributed by atoms with Crippen LogP contribution in [0.15, 0.2) is 47.4 Å². The van der Waals surface area contributed by atoms with Crippen LogP contribution >= 0.6 is 11.8 Å². The van der Waals surface area contributed by atoms with Crippen LogP contribution in [-0.2, 0) is 14.3 Å². The molecule has 1 fully saturated rings. The number of rotatable bonds is 13. The molecular formula is C24H36O4S. The van der Waals surface area contributed by atoms with E-state index in [0.717, 1.165) is 11.3 Å². The van der Waals surface area contributed by atoms with Gasteiger partial charge >= 0.3 is 0 Å². The van der Waals surface area contributed by atoms with E-state index in [0.29, 0.717) is 13.0 Å². The molecule has 1 aromatic rings. The summed E-state index contributed by atoms with van der Waals surface area (Å²) in [5.74, 6) is -0.386. The third kappa shape index (κ3) is 7.56. The maximum atomic E-state index is 12.6. The van der Waals surface area contributed by atoms with E-state index < -0.39 is 5.92 Å². The number of unbranched alkanes of at least 4 members (excludes halogenated alkanes) is 3. The Morgan fingerprint density at radius 2 is 2.00 bits per heavy atom. The number of aliphatic hydroxyl groups is 1. The van der Waals surface area contributed by atoms with Gasteiger partial charge in [0.05, 0.1) is 12.7 Å². The van der Waals surface area contributed by atoms with Gasteiger partial charge in [0.1, 0.15) is 5.78 Å². The lowest BCUT2D eigenvalue weighted by Gasteiger charge is -2.31. The minimum absolute atomic E-state index is 0.0569. The Bertz CT molecular complexity index is 619. The monoisotopic (exact) mass is 420 g/mol. The molecule has 0 saturated heterocycles. The van der Waals surface area contributed by atoms with Crippen LogP contribution in [0.4, 0.5) is 0 Å². The predicted molar refractivity (Wildman–Crippen MR) is 119 cm³/mol. The van der Waals surface area contributed by atoms with Crippen LogP contribution in [0.3, 0.4) is 0 Å². The van der Waals surface area contributed by atoms with Crippen molar-refractivity contribution in [3.8, 4) is 0 Å². The molecule has 0 aliphatic heterocycles. The summed E-state index contributed by atoms with van der Waals surface area (Å²) in [6.45, 7) is 6.44. The maximum Gasteiger partial charge on any atom is 0.155 e. The molecule has 5 heteroatoms. The van der Waals surface area contributed by atoms with E-state index in [9.17, 15) is 9.90 Å². The molecule has 0 radical (unpaired) electrons. The van der Waals surface area contributed by atoms with Gasteiger partial charge in [-0.3, -0.25) is 4.79 Å². The van der Waals surface area contributed by atoms with Crippen molar-refractivity contribution in [1.29, 1.82) is 0 Å². The predicted octanol–water partition coefficient (Wildman–Crippen LogP) is 5.25. The van der Waals surface area contributed by atoms with E-state index in [4.69, 9.17) is 9.47 Å². The Kier molecular flexibility index (Phi) is 11.0. The molecule has 5 unspecified atom stereocenters. The molecular weight excluding hydrogens is 384 g/mol. The summed E-state index contributed by atoms with van der Waals surface area (Å²) in [6, 6.07) is 10.2. The molecule has 1 N–H and O–H groups in total. The molecule has 1 aromatic carbocycles. The lowest BCUT2D eigenvalue weighted by molar-refractivity contribution is -0.166. The van der Waals surface area contributed by atoms with Crippen LogP contribution in [0.25, 0.3) is 0 Å². The van der Waals surface area contributed by atoms with Crippen molar-refractivity contribution in [2.45, 2.75) is 75.4 Å². The second-order valence-corrected chi connectivity index (χ2v) is 8.81. The molecule has 0 heterocycles. The number of thioether (sulfide) groups is 1. The zero-order valence-electron chi connectivity index (χ0n) is 18.0. The van der Waals surface area contributed by atoms with Crippen LogP contribution in [0.5, 0.6) is 0 Å². The minimum Gasteiger partial charge on any atom is -0.396 e. The van der Waals surface area contributed by atoms with E-state index in [1.165, 1.54) is 19.3 Å². The van der Waals surface area contributed by atoms with Crippen LogP contribution < -0.4 is 0 Å². The summed E-state index contributed by atoms with van der Waals surface area (Å²) >= 11 is 1.74. The molecule has 5 atom stereocenters. The Morgan fingerprint density at radius 3 is 2.66 bits per heavy atom. The molecule has 1 aliphatic carbocycles. The van der Waals surface area contributed by atoms with Crippen molar-refractivity contribution >= 4 is 17.5 Å². The first-order valence-electron chi connectivity index (χ1n) is 10.9. The van der Waals surface area contributed by atoms with Gasteiger partial charge in [-0.25, -0.2) is 0 Å². The number of carbonyl (C=O) groups is 1. The topological polar surface area (TPSA) is 55.8 Å². The highest BCUT2D eigenvalue weighted by atomic mass is 32.2. The zero-order chi connectivity index (χ0) is 21.1. The second kappa shape index (κ2) is 13.2. The highest BCUT2D eigenvalue weighted by Gasteiger charge is 2.47. The number of ether oxygens (including phenoxy) is 2. The molecule has 162 valence electrons. The highest BCUT2D eigenvalue weighted by Crippen LogP contribution is 2.42. The molecule has 1 saturated carbocycles. The Labute approximate surface area is 180 Å². The molecule has 2 rings (SSSR count). The molecule has 0 amide bonds. The van der Waals surface area contributed by atoms with E-state index >= 15 is 0 Å².